The van der Waals surface area contributed by atoms with Crippen LogP contribution < -0.4 is 11.1 Å². The smallest absolute Gasteiger partial charge is 0.269 e. The molecule has 0 spiro atoms. The number of piperidine rings is 1. The molecule has 4 heterocycles. The molecule has 3 aromatic heterocycles. The molecule has 0 unspecified atom stereocenters. The quantitative estimate of drug-likeness (QED) is 0.290. The van der Waals surface area contributed by atoms with Gasteiger partial charge in [-0.3, -0.25) is 19.1 Å². The number of primary amides is 1. The molecular weight excluding hydrogens is 520 g/mol. The summed E-state index contributed by atoms with van der Waals surface area (Å²) in [7, 11) is 0. The van der Waals surface area contributed by atoms with Gasteiger partial charge in [-0.15, -0.1) is 0 Å². The van der Waals surface area contributed by atoms with Crippen LogP contribution in [0.3, 0.4) is 0 Å². The van der Waals surface area contributed by atoms with Crippen molar-refractivity contribution in [3.8, 4) is 11.8 Å². The summed E-state index contributed by atoms with van der Waals surface area (Å²) < 4.78 is 1.44. The Morgan fingerprint density at radius 1 is 1.08 bits per heavy atom. The number of nitrogens with one attached hydrogen (secondary N) is 1. The third-order valence-corrected chi connectivity index (χ3v) is 7.03. The summed E-state index contributed by atoms with van der Waals surface area (Å²) in [4.78, 5) is 52.7. The topological polar surface area (TPSA) is 149 Å². The zero-order valence-corrected chi connectivity index (χ0v) is 21.2. The number of pyridine rings is 1. The second-order valence-electron chi connectivity index (χ2n) is 9.38. The second-order valence-corrected chi connectivity index (χ2v) is 9.76. The molecule has 12 heteroatoms. The Morgan fingerprint density at radius 2 is 1.90 bits per heavy atom. The Bertz CT molecular complexity index is 1690. The number of carbonyl (C=O) groups excluding carboxylic acids is 3. The van der Waals surface area contributed by atoms with Crippen molar-refractivity contribution in [3.63, 3.8) is 0 Å². The van der Waals surface area contributed by atoms with E-state index in [1.165, 1.54) is 4.68 Å². The SMILES string of the molecule is NC(=O)c1nn(CC(=O)N2[C@@H]3C[C@@H]3C[C@H]2C(=O)Nc2cccc(Cl)n2)c2ccc(C#Cc3ncccn3)cc12. The van der Waals surface area contributed by atoms with Crippen LogP contribution in [0.4, 0.5) is 5.82 Å². The molecule has 3 amide bonds. The number of amides is 3. The predicted octanol–water partition coefficient (Wildman–Crippen LogP) is 2.00. The zero-order valence-electron chi connectivity index (χ0n) is 20.4. The van der Waals surface area contributed by atoms with Crippen molar-refractivity contribution in [1.29, 1.82) is 0 Å². The number of benzene rings is 1. The number of likely N-dealkylation sites (tertiary alicyclic amines) is 1. The third kappa shape index (κ3) is 4.89. The average molecular weight is 541 g/mol. The molecule has 1 saturated heterocycles. The normalized spacial score (nSPS) is 19.2. The van der Waals surface area contributed by atoms with Crippen LogP contribution in [0.2, 0.25) is 5.15 Å². The molecular formula is C27H21ClN8O3. The Labute approximate surface area is 227 Å². The monoisotopic (exact) mass is 540 g/mol. The highest BCUT2D eigenvalue weighted by molar-refractivity contribution is 6.29. The van der Waals surface area contributed by atoms with E-state index in [0.717, 1.165) is 6.42 Å². The molecule has 1 aliphatic heterocycles. The molecule has 2 fully saturated rings. The minimum absolute atomic E-state index is 0.0000836. The fraction of sp³-hybridized carbons (Fsp3) is 0.222. The molecule has 6 rings (SSSR count). The predicted molar refractivity (Wildman–Crippen MR) is 141 cm³/mol. The van der Waals surface area contributed by atoms with E-state index in [1.807, 2.05) is 0 Å². The van der Waals surface area contributed by atoms with E-state index < -0.39 is 11.9 Å². The molecule has 0 bridgehead atoms. The molecule has 1 aliphatic carbocycles. The van der Waals surface area contributed by atoms with Gasteiger partial charge in [0.1, 0.15) is 23.6 Å². The van der Waals surface area contributed by atoms with Crippen molar-refractivity contribution in [3.05, 3.63) is 77.1 Å². The first-order valence-electron chi connectivity index (χ1n) is 12.2. The Kier molecular flexibility index (Phi) is 6.17. The van der Waals surface area contributed by atoms with E-state index in [9.17, 15) is 14.4 Å². The molecule has 3 atom stereocenters. The fourth-order valence-corrected chi connectivity index (χ4v) is 5.16. The van der Waals surface area contributed by atoms with Gasteiger partial charge in [0.05, 0.1) is 5.52 Å². The van der Waals surface area contributed by atoms with Gasteiger partial charge in [0.2, 0.25) is 17.6 Å². The van der Waals surface area contributed by atoms with E-state index >= 15 is 0 Å². The Hall–Kier alpha value is -4.82. The molecule has 11 nitrogen and oxygen atoms in total. The lowest BCUT2D eigenvalue weighted by Gasteiger charge is -2.26. The first-order valence-corrected chi connectivity index (χ1v) is 12.6. The van der Waals surface area contributed by atoms with Gasteiger partial charge < -0.3 is 16.0 Å². The van der Waals surface area contributed by atoms with Crippen LogP contribution in [0.5, 0.6) is 0 Å². The van der Waals surface area contributed by atoms with Gasteiger partial charge in [-0.05, 0) is 61.1 Å². The highest BCUT2D eigenvalue weighted by atomic mass is 35.5. The van der Waals surface area contributed by atoms with Crippen LogP contribution in [0.1, 0.15) is 34.7 Å². The largest absolute Gasteiger partial charge is 0.364 e. The lowest BCUT2D eigenvalue weighted by molar-refractivity contribution is -0.138. The summed E-state index contributed by atoms with van der Waals surface area (Å²) >= 11 is 5.93. The number of hydrogen-bond donors (Lipinski definition) is 2. The molecule has 39 heavy (non-hydrogen) atoms. The lowest BCUT2D eigenvalue weighted by Crippen LogP contribution is -2.46. The highest BCUT2D eigenvalue weighted by Gasteiger charge is 2.56. The minimum atomic E-state index is -0.725. The highest BCUT2D eigenvalue weighted by Crippen LogP contribution is 2.48. The van der Waals surface area contributed by atoms with Crippen molar-refractivity contribution >= 4 is 46.0 Å². The number of nitrogens with zero attached hydrogens (tertiary/aromatic N) is 6. The van der Waals surface area contributed by atoms with E-state index in [0.29, 0.717) is 34.5 Å². The Morgan fingerprint density at radius 3 is 2.67 bits per heavy atom. The number of fused-ring (bicyclic) bond motifs is 2. The van der Waals surface area contributed by atoms with Gasteiger partial charge in [-0.1, -0.05) is 23.6 Å². The van der Waals surface area contributed by atoms with Crippen LogP contribution in [-0.4, -0.2) is 59.4 Å². The first-order chi connectivity index (χ1) is 18.9. The minimum Gasteiger partial charge on any atom is -0.364 e. The van der Waals surface area contributed by atoms with Crippen LogP contribution in [0, 0.1) is 17.8 Å². The van der Waals surface area contributed by atoms with E-state index in [2.05, 4.69) is 37.2 Å². The van der Waals surface area contributed by atoms with Crippen LogP contribution in [0.25, 0.3) is 10.9 Å². The van der Waals surface area contributed by atoms with E-state index in [1.54, 1.807) is 59.8 Å². The van der Waals surface area contributed by atoms with Gasteiger partial charge in [0.15, 0.2) is 5.69 Å². The number of carbonyl (C=O) groups is 3. The van der Waals surface area contributed by atoms with Crippen molar-refractivity contribution in [2.24, 2.45) is 11.7 Å². The van der Waals surface area contributed by atoms with Gasteiger partial charge >= 0.3 is 0 Å². The maximum atomic E-state index is 13.5. The van der Waals surface area contributed by atoms with E-state index in [4.69, 9.17) is 17.3 Å². The molecule has 3 N–H and O–H groups in total. The molecule has 2 aliphatic rings. The average Bonchev–Trinajstić information content (AvgIpc) is 3.43. The van der Waals surface area contributed by atoms with Crippen LogP contribution in [0.15, 0.2) is 54.9 Å². The van der Waals surface area contributed by atoms with Gasteiger partial charge in [0.25, 0.3) is 5.91 Å². The molecule has 1 aromatic carbocycles. The maximum Gasteiger partial charge on any atom is 0.269 e. The summed E-state index contributed by atoms with van der Waals surface area (Å²) in [5.41, 5.74) is 6.79. The lowest BCUT2D eigenvalue weighted by atomic mass is 10.1. The summed E-state index contributed by atoms with van der Waals surface area (Å²) in [5, 5.41) is 7.83. The number of hydrogen-bond acceptors (Lipinski definition) is 7. The van der Waals surface area contributed by atoms with Crippen molar-refractivity contribution in [2.45, 2.75) is 31.5 Å². The fourth-order valence-electron chi connectivity index (χ4n) is 5.00. The molecule has 4 aromatic rings. The van der Waals surface area contributed by atoms with E-state index in [-0.39, 0.29) is 41.2 Å². The number of halogens is 1. The molecule has 0 radical (unpaired) electrons. The number of aromatic nitrogens is 5. The Balaban J connectivity index is 1.25. The summed E-state index contributed by atoms with van der Waals surface area (Å²) in [5.74, 6) is 5.49. The number of rotatable bonds is 5. The van der Waals surface area contributed by atoms with Crippen LogP contribution in [-0.2, 0) is 16.1 Å². The molecule has 194 valence electrons. The number of nitrogens with two attached hydrogens (primary N) is 1. The summed E-state index contributed by atoms with van der Waals surface area (Å²) in [6.07, 6.45) is 4.62. The number of anilines is 1. The molecule has 1 saturated carbocycles. The standard InChI is InChI=1S/C27H21ClN8O3/c28-21-3-1-4-23(32-21)33-27(39)20-13-16-12-19(16)36(20)24(37)14-35-18-7-5-15(6-8-22-30-9-2-10-31-22)11-17(18)25(34-35)26(29)38/h1-5,7,9-11,16,19-20H,12-14H2,(H2,29,38)(H,32,33,39)/t16-,19-,20+/m1/s1. The van der Waals surface area contributed by atoms with Gasteiger partial charge in [-0.25, -0.2) is 15.0 Å². The maximum absolute atomic E-state index is 13.5. The van der Waals surface area contributed by atoms with Gasteiger partial charge in [0, 0.05) is 29.4 Å². The van der Waals surface area contributed by atoms with Crippen molar-refractivity contribution in [1.82, 2.24) is 29.6 Å². The van der Waals surface area contributed by atoms with Crippen molar-refractivity contribution in [2.75, 3.05) is 5.32 Å². The van der Waals surface area contributed by atoms with Gasteiger partial charge in [-0.2, -0.15) is 5.10 Å². The zero-order chi connectivity index (χ0) is 27.1. The summed E-state index contributed by atoms with van der Waals surface area (Å²) in [6, 6.07) is 11.2. The third-order valence-electron chi connectivity index (χ3n) is 6.81. The summed E-state index contributed by atoms with van der Waals surface area (Å²) in [6.45, 7) is -0.158. The van der Waals surface area contributed by atoms with Crippen LogP contribution >= 0.6 is 11.6 Å². The first kappa shape index (κ1) is 24.5. The second kappa shape index (κ2) is 9.81. The van der Waals surface area contributed by atoms with Crippen molar-refractivity contribution < 1.29 is 14.4 Å².